The Kier molecular flexibility index (Phi) is 5.56. The highest BCUT2D eigenvalue weighted by molar-refractivity contribution is 5.76. The summed E-state index contributed by atoms with van der Waals surface area (Å²) < 4.78 is 5.51. The number of piperidine rings is 1. The van der Waals surface area contributed by atoms with E-state index >= 15 is 0 Å². The van der Waals surface area contributed by atoms with Crippen LogP contribution in [-0.2, 0) is 9.53 Å². The monoisotopic (exact) mass is 258 g/mol. The van der Waals surface area contributed by atoms with Gasteiger partial charge in [-0.3, -0.25) is 4.79 Å². The molecule has 0 radical (unpaired) electrons. The van der Waals surface area contributed by atoms with Gasteiger partial charge in [-0.25, -0.2) is 0 Å². The van der Waals surface area contributed by atoms with Crippen LogP contribution in [0.4, 0.5) is 0 Å². The van der Waals surface area contributed by atoms with Gasteiger partial charge in [0.1, 0.15) is 0 Å². The minimum absolute atomic E-state index is 0.199. The number of likely N-dealkylation sites (tertiary alicyclic amines) is 1. The largest absolute Gasteiger partial charge is 0.389 e. The lowest BCUT2D eigenvalue weighted by atomic mass is 10.1. The number of nitrogens with one attached hydrogen (secondary N) is 1. The normalized spacial score (nSPS) is 23.3. The van der Waals surface area contributed by atoms with Crippen molar-refractivity contribution >= 4 is 5.91 Å². The Morgan fingerprint density at radius 1 is 1.56 bits per heavy atom. The van der Waals surface area contributed by atoms with E-state index in [0.29, 0.717) is 26.1 Å². The zero-order valence-corrected chi connectivity index (χ0v) is 11.9. The van der Waals surface area contributed by atoms with Crippen LogP contribution in [0.5, 0.6) is 0 Å². The molecule has 1 aliphatic heterocycles. The van der Waals surface area contributed by atoms with Gasteiger partial charge < -0.3 is 20.1 Å². The van der Waals surface area contributed by atoms with Crippen molar-refractivity contribution in [1.29, 1.82) is 0 Å². The molecule has 0 bridgehead atoms. The van der Waals surface area contributed by atoms with Gasteiger partial charge in [0, 0.05) is 32.6 Å². The van der Waals surface area contributed by atoms with E-state index in [1.807, 2.05) is 27.8 Å². The molecule has 0 spiro atoms. The zero-order valence-electron chi connectivity index (χ0n) is 11.9. The van der Waals surface area contributed by atoms with Gasteiger partial charge in [-0.05, 0) is 27.2 Å². The molecule has 0 saturated carbocycles. The topological polar surface area (TPSA) is 61.8 Å². The lowest BCUT2D eigenvalue weighted by Gasteiger charge is -2.31. The van der Waals surface area contributed by atoms with Crippen LogP contribution in [0.15, 0.2) is 0 Å². The number of hydrogen-bond acceptors (Lipinski definition) is 4. The maximum absolute atomic E-state index is 11.3. The Hall–Kier alpha value is -0.650. The summed E-state index contributed by atoms with van der Waals surface area (Å²) in [6.07, 6.45) is 0.922. The molecule has 2 N–H and O–H groups in total. The summed E-state index contributed by atoms with van der Waals surface area (Å²) in [5, 5.41) is 13.1. The number of ether oxygens (including phenoxy) is 1. The molecule has 0 aliphatic carbocycles. The number of carbonyl (C=O) groups is 1. The van der Waals surface area contributed by atoms with Crippen LogP contribution < -0.4 is 5.32 Å². The number of rotatable bonds is 5. The smallest absolute Gasteiger partial charge is 0.222 e. The van der Waals surface area contributed by atoms with Crippen molar-refractivity contribution in [3.63, 3.8) is 0 Å². The summed E-state index contributed by atoms with van der Waals surface area (Å²) in [6, 6.07) is 0.275. The Morgan fingerprint density at radius 3 is 2.78 bits per heavy atom. The first-order valence-electron chi connectivity index (χ1n) is 6.57. The molecule has 1 rings (SSSR count). The minimum Gasteiger partial charge on any atom is -0.389 e. The Labute approximate surface area is 109 Å². The van der Waals surface area contributed by atoms with Crippen LogP contribution in [0.2, 0.25) is 0 Å². The summed E-state index contributed by atoms with van der Waals surface area (Å²) in [7, 11) is 1.81. The molecule has 1 aliphatic rings. The molecule has 0 aromatic carbocycles. The van der Waals surface area contributed by atoms with Crippen LogP contribution in [-0.4, -0.2) is 60.4 Å². The molecule has 5 nitrogen and oxygen atoms in total. The van der Waals surface area contributed by atoms with Crippen molar-refractivity contribution in [3.05, 3.63) is 0 Å². The number of likely N-dealkylation sites (N-methyl/N-ethyl adjacent to an activating group) is 1. The van der Waals surface area contributed by atoms with Crippen molar-refractivity contribution < 1.29 is 14.6 Å². The molecule has 1 saturated heterocycles. The molecule has 1 amide bonds. The lowest BCUT2D eigenvalue weighted by Crippen LogP contribution is -2.48. The first-order chi connectivity index (χ1) is 8.28. The molecular formula is C13H26N2O3. The minimum atomic E-state index is -0.507. The average Bonchev–Trinajstić information content (AvgIpc) is 2.27. The van der Waals surface area contributed by atoms with Crippen LogP contribution in [0.25, 0.3) is 0 Å². The van der Waals surface area contributed by atoms with Gasteiger partial charge in [-0.1, -0.05) is 0 Å². The molecule has 0 aromatic heterocycles. The number of nitrogens with zero attached hydrogens (tertiary/aromatic N) is 1. The van der Waals surface area contributed by atoms with E-state index in [4.69, 9.17) is 4.74 Å². The van der Waals surface area contributed by atoms with Gasteiger partial charge in [-0.15, -0.1) is 0 Å². The van der Waals surface area contributed by atoms with E-state index in [0.717, 1.165) is 6.42 Å². The van der Waals surface area contributed by atoms with Crippen molar-refractivity contribution in [2.45, 2.75) is 51.4 Å². The third-order valence-corrected chi connectivity index (χ3v) is 2.98. The molecule has 106 valence electrons. The molecule has 1 heterocycles. The molecule has 2 unspecified atom stereocenters. The molecule has 5 heteroatoms. The third-order valence-electron chi connectivity index (χ3n) is 2.98. The average molecular weight is 258 g/mol. The van der Waals surface area contributed by atoms with Crippen molar-refractivity contribution in [2.24, 2.45) is 0 Å². The van der Waals surface area contributed by atoms with Crippen LogP contribution in [0.1, 0.15) is 33.6 Å². The number of aliphatic hydroxyl groups is 1. The van der Waals surface area contributed by atoms with Gasteiger partial charge in [0.05, 0.1) is 18.3 Å². The first-order valence-corrected chi connectivity index (χ1v) is 6.57. The summed E-state index contributed by atoms with van der Waals surface area (Å²) in [5.74, 6) is 0.199. The van der Waals surface area contributed by atoms with Crippen LogP contribution in [0, 0.1) is 0 Å². The highest BCUT2D eigenvalue weighted by atomic mass is 16.5. The number of hydrogen-bond donors (Lipinski definition) is 2. The Morgan fingerprint density at radius 2 is 2.22 bits per heavy atom. The fraction of sp³-hybridized carbons (Fsp3) is 0.923. The highest BCUT2D eigenvalue weighted by Crippen LogP contribution is 2.10. The second kappa shape index (κ2) is 6.50. The van der Waals surface area contributed by atoms with Gasteiger partial charge >= 0.3 is 0 Å². The van der Waals surface area contributed by atoms with E-state index in [9.17, 15) is 9.90 Å². The van der Waals surface area contributed by atoms with E-state index in [1.54, 1.807) is 4.90 Å². The quantitative estimate of drug-likeness (QED) is 0.748. The van der Waals surface area contributed by atoms with Gasteiger partial charge in [0.15, 0.2) is 0 Å². The summed E-state index contributed by atoms with van der Waals surface area (Å²) in [5.41, 5.74) is -0.224. The SMILES string of the molecule is CN1CC(NCC(O)COC(C)(C)C)CCC1=O. The number of carbonyl (C=O) groups excluding carboxylic acids is 1. The maximum Gasteiger partial charge on any atom is 0.222 e. The van der Waals surface area contributed by atoms with Gasteiger partial charge in [0.2, 0.25) is 5.91 Å². The summed E-state index contributed by atoms with van der Waals surface area (Å²) in [6.45, 7) is 7.45. The van der Waals surface area contributed by atoms with Crippen molar-refractivity contribution in [2.75, 3.05) is 26.7 Å². The fourth-order valence-corrected chi connectivity index (χ4v) is 1.89. The second-order valence-electron chi connectivity index (χ2n) is 6.00. The van der Waals surface area contributed by atoms with Crippen LogP contribution >= 0.6 is 0 Å². The lowest BCUT2D eigenvalue weighted by molar-refractivity contribution is -0.132. The van der Waals surface area contributed by atoms with E-state index < -0.39 is 6.10 Å². The predicted octanol–water partition coefficient (Wildman–Crippen LogP) is 0.373. The van der Waals surface area contributed by atoms with Gasteiger partial charge in [-0.2, -0.15) is 0 Å². The summed E-state index contributed by atoms with van der Waals surface area (Å²) in [4.78, 5) is 13.1. The predicted molar refractivity (Wildman–Crippen MR) is 70.4 cm³/mol. The Balaban J connectivity index is 2.18. The number of aliphatic hydroxyl groups excluding tert-OH is 1. The number of amides is 1. The second-order valence-corrected chi connectivity index (χ2v) is 6.00. The maximum atomic E-state index is 11.3. The highest BCUT2D eigenvalue weighted by Gasteiger charge is 2.23. The standard InChI is InChI=1S/C13H26N2O3/c1-13(2,3)18-9-11(16)7-14-10-5-6-12(17)15(4)8-10/h10-11,14,16H,5-9H2,1-4H3. The van der Waals surface area contributed by atoms with E-state index in [1.165, 1.54) is 0 Å². The molecule has 0 aromatic rings. The molecule has 18 heavy (non-hydrogen) atoms. The van der Waals surface area contributed by atoms with Crippen LogP contribution in [0.3, 0.4) is 0 Å². The zero-order chi connectivity index (χ0) is 13.8. The molecule has 2 atom stereocenters. The van der Waals surface area contributed by atoms with Crippen molar-refractivity contribution in [1.82, 2.24) is 10.2 Å². The van der Waals surface area contributed by atoms with E-state index in [-0.39, 0.29) is 17.6 Å². The van der Waals surface area contributed by atoms with E-state index in [2.05, 4.69) is 5.32 Å². The fourth-order valence-electron chi connectivity index (χ4n) is 1.89. The van der Waals surface area contributed by atoms with Gasteiger partial charge in [0.25, 0.3) is 0 Å². The third kappa shape index (κ3) is 5.80. The Bertz CT molecular complexity index is 276. The summed E-state index contributed by atoms with van der Waals surface area (Å²) >= 11 is 0. The van der Waals surface area contributed by atoms with Crippen molar-refractivity contribution in [3.8, 4) is 0 Å². The molecular weight excluding hydrogens is 232 g/mol. The molecule has 1 fully saturated rings. The first kappa shape index (κ1) is 15.4.